The van der Waals surface area contributed by atoms with Gasteiger partial charge in [-0.15, -0.1) is 5.10 Å². The quantitative estimate of drug-likeness (QED) is 0.848. The van der Waals surface area contributed by atoms with E-state index in [4.69, 9.17) is 0 Å². The van der Waals surface area contributed by atoms with E-state index in [1.807, 2.05) is 18.3 Å². The van der Waals surface area contributed by atoms with Crippen LogP contribution in [0.5, 0.6) is 0 Å². The Bertz CT molecular complexity index is 464. The molecule has 1 N–H and O–H groups in total. The van der Waals surface area contributed by atoms with Crippen LogP contribution in [0.15, 0.2) is 36.7 Å². The second kappa shape index (κ2) is 6.19. The summed E-state index contributed by atoms with van der Waals surface area (Å²) in [5, 5.41) is 11.5. The first-order valence-electron chi connectivity index (χ1n) is 6.57. The summed E-state index contributed by atoms with van der Waals surface area (Å²) < 4.78 is 1.79. The Balaban J connectivity index is 2.22. The van der Waals surface area contributed by atoms with Gasteiger partial charge in [0.15, 0.2) is 0 Å². The van der Waals surface area contributed by atoms with Gasteiger partial charge < -0.3 is 5.32 Å². The zero-order valence-corrected chi connectivity index (χ0v) is 11.0. The summed E-state index contributed by atoms with van der Waals surface area (Å²) in [5.41, 5.74) is 2.16. The van der Waals surface area contributed by atoms with Crippen molar-refractivity contribution in [3.05, 3.63) is 36.7 Å². The van der Waals surface area contributed by atoms with Crippen molar-refractivity contribution in [1.29, 1.82) is 0 Å². The first-order chi connectivity index (χ1) is 8.85. The van der Waals surface area contributed by atoms with Gasteiger partial charge in [-0.25, -0.2) is 4.68 Å². The lowest BCUT2D eigenvalue weighted by atomic mass is 10.1. The number of rotatable bonds is 6. The molecule has 0 radical (unpaired) electrons. The molecule has 0 amide bonds. The Morgan fingerprint density at radius 2 is 2.11 bits per heavy atom. The molecule has 0 saturated heterocycles. The maximum Gasteiger partial charge on any atom is 0.0894 e. The molecule has 18 heavy (non-hydrogen) atoms. The maximum absolute atomic E-state index is 4.05. The van der Waals surface area contributed by atoms with Gasteiger partial charge in [0.25, 0.3) is 0 Å². The number of para-hydroxylation sites is 2. The number of aromatic nitrogens is 3. The van der Waals surface area contributed by atoms with Crippen LogP contribution in [0.4, 0.5) is 5.69 Å². The van der Waals surface area contributed by atoms with Crippen LogP contribution in [0.1, 0.15) is 33.1 Å². The van der Waals surface area contributed by atoms with Gasteiger partial charge in [-0.1, -0.05) is 37.6 Å². The largest absolute Gasteiger partial charge is 0.381 e. The molecule has 0 aliphatic heterocycles. The fourth-order valence-electron chi connectivity index (χ4n) is 2.08. The van der Waals surface area contributed by atoms with Crippen molar-refractivity contribution in [3.63, 3.8) is 0 Å². The van der Waals surface area contributed by atoms with Gasteiger partial charge in [-0.05, 0) is 25.0 Å². The second-order valence-electron chi connectivity index (χ2n) is 4.40. The van der Waals surface area contributed by atoms with Crippen LogP contribution in [0.2, 0.25) is 0 Å². The fourth-order valence-corrected chi connectivity index (χ4v) is 2.08. The van der Waals surface area contributed by atoms with E-state index in [1.54, 1.807) is 10.9 Å². The summed E-state index contributed by atoms with van der Waals surface area (Å²) in [6, 6.07) is 8.72. The van der Waals surface area contributed by atoms with Crippen LogP contribution < -0.4 is 5.32 Å². The van der Waals surface area contributed by atoms with Gasteiger partial charge in [0.05, 0.1) is 23.8 Å². The Labute approximate surface area is 108 Å². The standard InChI is InChI=1S/C14H20N4/c1-3-7-12(4-2)16-13-8-5-6-9-14(13)18-11-10-15-17-18/h5-6,8-12,16H,3-4,7H2,1-2H3. The second-order valence-corrected chi connectivity index (χ2v) is 4.40. The van der Waals surface area contributed by atoms with Gasteiger partial charge in [0.2, 0.25) is 0 Å². The Kier molecular flexibility index (Phi) is 4.34. The summed E-state index contributed by atoms with van der Waals surface area (Å²) in [4.78, 5) is 0. The Morgan fingerprint density at radius 3 is 2.78 bits per heavy atom. The molecule has 0 spiro atoms. The highest BCUT2D eigenvalue weighted by molar-refractivity contribution is 5.60. The van der Waals surface area contributed by atoms with Crippen LogP contribution >= 0.6 is 0 Å². The molecule has 0 fully saturated rings. The first-order valence-corrected chi connectivity index (χ1v) is 6.57. The summed E-state index contributed by atoms with van der Waals surface area (Å²) >= 11 is 0. The molecule has 1 unspecified atom stereocenters. The third-order valence-electron chi connectivity index (χ3n) is 3.06. The van der Waals surface area contributed by atoms with E-state index >= 15 is 0 Å². The lowest BCUT2D eigenvalue weighted by molar-refractivity contribution is 0.622. The number of nitrogens with one attached hydrogen (secondary N) is 1. The van der Waals surface area contributed by atoms with Crippen molar-refractivity contribution in [2.24, 2.45) is 0 Å². The monoisotopic (exact) mass is 244 g/mol. The van der Waals surface area contributed by atoms with Crippen LogP contribution in [0, 0.1) is 0 Å². The minimum atomic E-state index is 0.514. The lowest BCUT2D eigenvalue weighted by Crippen LogP contribution is -2.19. The summed E-state index contributed by atoms with van der Waals surface area (Å²) in [7, 11) is 0. The highest BCUT2D eigenvalue weighted by Gasteiger charge is 2.09. The van der Waals surface area contributed by atoms with Crippen LogP contribution in [-0.2, 0) is 0 Å². The highest BCUT2D eigenvalue weighted by atomic mass is 15.4. The molecule has 96 valence electrons. The summed E-state index contributed by atoms with van der Waals surface area (Å²) in [6.07, 6.45) is 7.06. The molecular formula is C14H20N4. The molecule has 0 bridgehead atoms. The molecule has 0 aliphatic carbocycles. The van der Waals surface area contributed by atoms with Crippen LogP contribution in [0.25, 0.3) is 5.69 Å². The van der Waals surface area contributed by atoms with E-state index in [-0.39, 0.29) is 0 Å². The van der Waals surface area contributed by atoms with E-state index in [1.165, 1.54) is 12.8 Å². The molecule has 1 aromatic heterocycles. The minimum Gasteiger partial charge on any atom is -0.381 e. The molecule has 4 heteroatoms. The first kappa shape index (κ1) is 12.6. The molecule has 1 atom stereocenters. The number of benzene rings is 1. The number of hydrogen-bond donors (Lipinski definition) is 1. The predicted octanol–water partition coefficient (Wildman–Crippen LogP) is 3.26. The van der Waals surface area contributed by atoms with Crippen molar-refractivity contribution >= 4 is 5.69 Å². The SMILES string of the molecule is CCCC(CC)Nc1ccccc1-n1ccnn1. The van der Waals surface area contributed by atoms with E-state index in [0.717, 1.165) is 17.8 Å². The summed E-state index contributed by atoms with van der Waals surface area (Å²) in [6.45, 7) is 4.43. The summed E-state index contributed by atoms with van der Waals surface area (Å²) in [5.74, 6) is 0. The van der Waals surface area contributed by atoms with Crippen molar-refractivity contribution in [1.82, 2.24) is 15.0 Å². The lowest BCUT2D eigenvalue weighted by Gasteiger charge is -2.19. The van der Waals surface area contributed by atoms with Crippen molar-refractivity contribution < 1.29 is 0 Å². The van der Waals surface area contributed by atoms with Gasteiger partial charge in [0, 0.05) is 6.04 Å². The third-order valence-corrected chi connectivity index (χ3v) is 3.06. The minimum absolute atomic E-state index is 0.514. The molecule has 1 aromatic carbocycles. The zero-order valence-electron chi connectivity index (χ0n) is 11.0. The van der Waals surface area contributed by atoms with Crippen molar-refractivity contribution in [2.45, 2.75) is 39.2 Å². The zero-order chi connectivity index (χ0) is 12.8. The van der Waals surface area contributed by atoms with Crippen LogP contribution in [-0.4, -0.2) is 21.0 Å². The molecule has 1 heterocycles. The van der Waals surface area contributed by atoms with Crippen LogP contribution in [0.3, 0.4) is 0 Å². The van der Waals surface area contributed by atoms with Gasteiger partial charge in [-0.3, -0.25) is 0 Å². The number of nitrogens with zero attached hydrogens (tertiary/aromatic N) is 3. The highest BCUT2D eigenvalue weighted by Crippen LogP contribution is 2.21. The van der Waals surface area contributed by atoms with E-state index < -0.39 is 0 Å². The third kappa shape index (κ3) is 2.88. The van der Waals surface area contributed by atoms with Gasteiger partial charge in [0.1, 0.15) is 0 Å². The Hall–Kier alpha value is -1.84. The average Bonchev–Trinajstić information content (AvgIpc) is 2.92. The van der Waals surface area contributed by atoms with Crippen molar-refractivity contribution in [3.8, 4) is 5.69 Å². The molecular weight excluding hydrogens is 224 g/mol. The van der Waals surface area contributed by atoms with E-state index in [0.29, 0.717) is 6.04 Å². The fraction of sp³-hybridized carbons (Fsp3) is 0.429. The van der Waals surface area contributed by atoms with Crippen molar-refractivity contribution in [2.75, 3.05) is 5.32 Å². The van der Waals surface area contributed by atoms with E-state index in [2.05, 4.69) is 41.6 Å². The molecule has 2 aromatic rings. The number of hydrogen-bond acceptors (Lipinski definition) is 3. The smallest absolute Gasteiger partial charge is 0.0894 e. The van der Waals surface area contributed by atoms with Gasteiger partial charge in [-0.2, -0.15) is 0 Å². The molecule has 0 aliphatic rings. The molecule has 2 rings (SSSR count). The Morgan fingerprint density at radius 1 is 1.28 bits per heavy atom. The molecule has 4 nitrogen and oxygen atoms in total. The predicted molar refractivity (Wildman–Crippen MR) is 74.0 cm³/mol. The molecule has 0 saturated carbocycles. The average molecular weight is 244 g/mol. The topological polar surface area (TPSA) is 42.7 Å². The van der Waals surface area contributed by atoms with E-state index in [9.17, 15) is 0 Å². The van der Waals surface area contributed by atoms with Gasteiger partial charge >= 0.3 is 0 Å². The number of anilines is 1. The normalized spacial score (nSPS) is 12.3. The maximum atomic E-state index is 4.05.